The first kappa shape index (κ1) is 64.5. The molecule has 19 atom stereocenters. The Hall–Kier alpha value is -2.61. The standard InChI is InChI=1S/4C6H12O6.C5H10O5/c4*7-1-3(9)5(11)6(12)4(10)2-8;6-1-3(8)5(10)4(9)2-7/h4*1,3-6,8-12H,2H2;1,3-5,7-10H,2H2/t4*3-,4-,5-,6-;3-,4-,5-/m11111/s1. The van der Waals surface area contributed by atoms with Crippen molar-refractivity contribution in [3.05, 3.63) is 0 Å². The Bertz CT molecular complexity index is 885. The fourth-order valence-electron chi connectivity index (χ4n) is 2.89. The Morgan fingerprint density at radius 1 is 0.224 bits per heavy atom. The molecule has 0 fully saturated rings. The molecule has 0 aliphatic heterocycles. The van der Waals surface area contributed by atoms with E-state index in [1.54, 1.807) is 0 Å². The van der Waals surface area contributed by atoms with Crippen LogP contribution in [0.1, 0.15) is 0 Å². The van der Waals surface area contributed by atoms with Crippen molar-refractivity contribution in [1.29, 1.82) is 0 Å². The SMILES string of the molecule is O=C[C@@H](O)[C@@H](O)[C@H](O)CO.O=C[C@@H](O)[C@@H](O)[C@H](O)[C@H](O)CO.O=C[C@@H](O)[C@@H](O)[C@H](O)[C@H](O)CO.O=C[C@@H](O)[C@@H](O)[C@H](O)[C@H](O)CO.O=C[C@@H](O)[C@@H](O)[C@H](O)[C@H](O)CO. The summed E-state index contributed by atoms with van der Waals surface area (Å²) in [5, 5.41) is 208. The van der Waals surface area contributed by atoms with Crippen molar-refractivity contribution in [2.24, 2.45) is 0 Å². The molecular formula is C29H58O29. The van der Waals surface area contributed by atoms with Gasteiger partial charge in [-0.25, -0.2) is 0 Å². The van der Waals surface area contributed by atoms with E-state index in [4.69, 9.17) is 123 Å². The van der Waals surface area contributed by atoms with Gasteiger partial charge < -0.3 is 147 Å². The Morgan fingerprint density at radius 3 is 0.466 bits per heavy atom. The third kappa shape index (κ3) is 27.2. The minimum absolute atomic E-state index is 0.0258. The molecule has 0 aromatic heterocycles. The van der Waals surface area contributed by atoms with Crippen molar-refractivity contribution in [3.63, 3.8) is 0 Å². The summed E-state index contributed by atoms with van der Waals surface area (Å²) in [6.45, 7) is -3.73. The lowest BCUT2D eigenvalue weighted by atomic mass is 10.0. The van der Waals surface area contributed by atoms with E-state index in [1.165, 1.54) is 0 Å². The molecule has 58 heavy (non-hydrogen) atoms. The van der Waals surface area contributed by atoms with E-state index >= 15 is 0 Å². The average Bonchev–Trinajstić information content (AvgIpc) is 3.26. The van der Waals surface area contributed by atoms with Gasteiger partial charge in [-0.3, -0.25) is 0 Å². The second-order valence-corrected chi connectivity index (χ2v) is 11.3. The van der Waals surface area contributed by atoms with Gasteiger partial charge in [-0.15, -0.1) is 0 Å². The van der Waals surface area contributed by atoms with Gasteiger partial charge >= 0.3 is 0 Å². The highest BCUT2D eigenvalue weighted by molar-refractivity contribution is 5.58. The zero-order valence-electron chi connectivity index (χ0n) is 30.2. The Labute approximate surface area is 327 Å². The number of hydrogen-bond acceptors (Lipinski definition) is 29. The number of carbonyl (C=O) groups excluding carboxylic acids is 5. The van der Waals surface area contributed by atoms with Gasteiger partial charge in [0.15, 0.2) is 31.4 Å². The van der Waals surface area contributed by atoms with Crippen LogP contribution in [0, 0.1) is 0 Å². The molecule has 29 nitrogen and oxygen atoms in total. The minimum atomic E-state index is -1.79. The van der Waals surface area contributed by atoms with Gasteiger partial charge in [0.05, 0.1) is 33.0 Å². The Morgan fingerprint density at radius 2 is 0.345 bits per heavy atom. The third-order valence-corrected chi connectivity index (χ3v) is 6.75. The second-order valence-electron chi connectivity index (χ2n) is 11.3. The van der Waals surface area contributed by atoms with Crippen LogP contribution in [0.5, 0.6) is 0 Å². The highest BCUT2D eigenvalue weighted by atomic mass is 16.4. The van der Waals surface area contributed by atoms with Gasteiger partial charge in [0.1, 0.15) is 116 Å². The molecule has 0 amide bonds. The summed E-state index contributed by atoms with van der Waals surface area (Å²) in [4.78, 5) is 49.3. The molecule has 0 heterocycles. The number of rotatable bonds is 24. The lowest BCUT2D eigenvalue weighted by molar-refractivity contribution is -0.136. The molecule has 0 aliphatic carbocycles. The molecule has 0 rings (SSSR count). The highest BCUT2D eigenvalue weighted by Crippen LogP contribution is 2.05. The molecule has 0 bridgehead atoms. The molecule has 0 aromatic rings. The molecule has 0 unspecified atom stereocenters. The van der Waals surface area contributed by atoms with Gasteiger partial charge in [0, 0.05) is 0 Å². The highest BCUT2D eigenvalue weighted by Gasteiger charge is 2.32. The van der Waals surface area contributed by atoms with E-state index in [1.807, 2.05) is 0 Å². The van der Waals surface area contributed by atoms with Crippen LogP contribution >= 0.6 is 0 Å². The van der Waals surface area contributed by atoms with Crippen molar-refractivity contribution in [1.82, 2.24) is 0 Å². The van der Waals surface area contributed by atoms with E-state index < -0.39 is 149 Å². The maximum atomic E-state index is 9.90. The van der Waals surface area contributed by atoms with Crippen LogP contribution in [0.2, 0.25) is 0 Å². The molecule has 24 N–H and O–H groups in total. The summed E-state index contributed by atoms with van der Waals surface area (Å²) in [7, 11) is 0. The van der Waals surface area contributed by atoms with Crippen LogP contribution in [0.4, 0.5) is 0 Å². The second kappa shape index (κ2) is 37.4. The minimum Gasteiger partial charge on any atom is -0.394 e. The molecule has 0 saturated carbocycles. The summed E-state index contributed by atoms with van der Waals surface area (Å²) >= 11 is 0. The largest absolute Gasteiger partial charge is 0.394 e. The lowest BCUT2D eigenvalue weighted by Gasteiger charge is -2.22. The van der Waals surface area contributed by atoms with Crippen molar-refractivity contribution in [2.75, 3.05) is 33.0 Å². The van der Waals surface area contributed by atoms with Gasteiger partial charge in [0.25, 0.3) is 0 Å². The van der Waals surface area contributed by atoms with Gasteiger partial charge in [-0.2, -0.15) is 0 Å². The van der Waals surface area contributed by atoms with Crippen LogP contribution in [0.25, 0.3) is 0 Å². The molecular weight excluding hydrogens is 812 g/mol. The first-order chi connectivity index (χ1) is 26.8. The van der Waals surface area contributed by atoms with Gasteiger partial charge in [-0.1, -0.05) is 0 Å². The van der Waals surface area contributed by atoms with Gasteiger partial charge in [0.2, 0.25) is 0 Å². The first-order valence-corrected chi connectivity index (χ1v) is 16.0. The molecule has 0 radical (unpaired) electrons. The summed E-state index contributed by atoms with van der Waals surface area (Å²) in [5.41, 5.74) is 0. The molecule has 0 saturated heterocycles. The number of aliphatic hydroxyl groups is 24. The van der Waals surface area contributed by atoms with E-state index in [0.717, 1.165) is 0 Å². The zero-order chi connectivity index (χ0) is 47.0. The van der Waals surface area contributed by atoms with E-state index in [-0.39, 0.29) is 31.4 Å². The maximum absolute atomic E-state index is 9.90. The van der Waals surface area contributed by atoms with Crippen molar-refractivity contribution < 1.29 is 147 Å². The Balaban J connectivity index is -0.000000202. The third-order valence-electron chi connectivity index (χ3n) is 6.75. The number of hydrogen-bond donors (Lipinski definition) is 24. The molecule has 0 spiro atoms. The predicted octanol–water partition coefficient (Wildman–Crippen LogP) is -16.3. The summed E-state index contributed by atoms with van der Waals surface area (Å²) in [6, 6.07) is 0. The quantitative estimate of drug-likeness (QED) is 0.0400. The zero-order valence-corrected chi connectivity index (χ0v) is 30.2. The normalized spacial score (nSPS) is 20.8. The van der Waals surface area contributed by atoms with E-state index in [0.29, 0.717) is 0 Å². The fourth-order valence-corrected chi connectivity index (χ4v) is 2.89. The van der Waals surface area contributed by atoms with Crippen LogP contribution in [-0.2, 0) is 24.0 Å². The van der Waals surface area contributed by atoms with Crippen molar-refractivity contribution >= 4 is 31.4 Å². The molecule has 348 valence electrons. The molecule has 29 heteroatoms. The van der Waals surface area contributed by atoms with Crippen molar-refractivity contribution in [3.8, 4) is 0 Å². The number of aliphatic hydroxyl groups excluding tert-OH is 24. The predicted molar refractivity (Wildman–Crippen MR) is 180 cm³/mol. The van der Waals surface area contributed by atoms with Gasteiger partial charge in [-0.05, 0) is 0 Å². The first-order valence-electron chi connectivity index (χ1n) is 16.0. The fraction of sp³-hybridized carbons (Fsp3) is 0.828. The summed E-state index contributed by atoms with van der Waals surface area (Å²) in [5.74, 6) is 0. The Kier molecular flexibility index (Phi) is 41.6. The smallest absolute Gasteiger partial charge is 0.151 e. The maximum Gasteiger partial charge on any atom is 0.151 e. The van der Waals surface area contributed by atoms with Crippen LogP contribution in [0.3, 0.4) is 0 Å². The van der Waals surface area contributed by atoms with E-state index in [9.17, 15) is 24.0 Å². The summed E-state index contributed by atoms with van der Waals surface area (Å²) in [6.07, 6.45) is -32.0. The monoisotopic (exact) mass is 870 g/mol. The van der Waals surface area contributed by atoms with Crippen LogP contribution in [0.15, 0.2) is 0 Å². The lowest BCUT2D eigenvalue weighted by Crippen LogP contribution is -2.46. The van der Waals surface area contributed by atoms with Crippen LogP contribution < -0.4 is 0 Å². The van der Waals surface area contributed by atoms with Crippen LogP contribution in [-0.4, -0.2) is 303 Å². The van der Waals surface area contributed by atoms with Crippen molar-refractivity contribution in [2.45, 2.75) is 116 Å². The topological polar surface area (TPSA) is 571 Å². The summed E-state index contributed by atoms with van der Waals surface area (Å²) < 4.78 is 0. The van der Waals surface area contributed by atoms with E-state index in [2.05, 4.69) is 0 Å². The number of aldehydes is 5. The molecule has 0 aliphatic rings. The average molecular weight is 871 g/mol. The number of carbonyl (C=O) groups is 5. The molecule has 0 aromatic carbocycles.